The van der Waals surface area contributed by atoms with Crippen LogP contribution in [0.25, 0.3) is 5.76 Å². The Morgan fingerprint density at radius 3 is 2.44 bits per heavy atom. The molecule has 4 rings (SSSR count). The molecule has 1 aliphatic heterocycles. The molecule has 0 aliphatic carbocycles. The topological polar surface area (TPSA) is 79.7 Å². The van der Waals surface area contributed by atoms with Crippen molar-refractivity contribution in [2.45, 2.75) is 19.5 Å². The van der Waals surface area contributed by atoms with Crippen LogP contribution in [-0.2, 0) is 16.1 Å². The molecule has 3 aromatic rings. The van der Waals surface area contributed by atoms with Crippen molar-refractivity contribution in [1.82, 2.24) is 9.88 Å². The third-order valence-electron chi connectivity index (χ3n) is 5.24. The molecule has 1 N–H and O–H groups in total. The molecule has 1 amide bonds. The highest BCUT2D eigenvalue weighted by Gasteiger charge is 2.47. The van der Waals surface area contributed by atoms with Crippen LogP contribution < -0.4 is 4.74 Å². The number of aliphatic hydroxyl groups is 1. The van der Waals surface area contributed by atoms with Crippen molar-refractivity contribution < 1.29 is 23.8 Å². The van der Waals surface area contributed by atoms with Crippen molar-refractivity contribution in [3.05, 3.63) is 101 Å². The average Bonchev–Trinajstić information content (AvgIpc) is 3.05. The zero-order valence-corrected chi connectivity index (χ0v) is 17.4. The first-order chi connectivity index (χ1) is 15.5. The number of carbonyl (C=O) groups is 2. The minimum atomic E-state index is -1.09. The number of hydrogen-bond donors (Lipinski definition) is 1. The smallest absolute Gasteiger partial charge is 0.296 e. The summed E-state index contributed by atoms with van der Waals surface area (Å²) in [7, 11) is 0. The second kappa shape index (κ2) is 9.01. The van der Waals surface area contributed by atoms with Crippen LogP contribution in [0, 0.1) is 5.82 Å². The number of Topliss-reactive ketones (excluding diaryl/α,β-unsaturated/α-hetero) is 1. The number of carbonyl (C=O) groups excluding carboxylic acids is 2. The Labute approximate surface area is 184 Å². The van der Waals surface area contributed by atoms with E-state index >= 15 is 0 Å². The Bertz CT molecular complexity index is 1180. The van der Waals surface area contributed by atoms with Gasteiger partial charge in [0.1, 0.15) is 17.3 Å². The number of halogens is 1. The maximum Gasteiger partial charge on any atom is 0.296 e. The summed E-state index contributed by atoms with van der Waals surface area (Å²) in [5.41, 5.74) is 0.817. The molecule has 2 aromatic carbocycles. The zero-order valence-electron chi connectivity index (χ0n) is 17.4. The van der Waals surface area contributed by atoms with Gasteiger partial charge >= 0.3 is 0 Å². The molecule has 1 atom stereocenters. The van der Waals surface area contributed by atoms with E-state index in [9.17, 15) is 19.1 Å². The van der Waals surface area contributed by atoms with E-state index in [0.29, 0.717) is 23.6 Å². The molecule has 32 heavy (non-hydrogen) atoms. The van der Waals surface area contributed by atoms with Gasteiger partial charge in [0.05, 0.1) is 30.5 Å². The summed E-state index contributed by atoms with van der Waals surface area (Å²) in [5, 5.41) is 11.0. The molecule has 1 fully saturated rings. The van der Waals surface area contributed by atoms with E-state index in [1.54, 1.807) is 54.7 Å². The van der Waals surface area contributed by atoms with E-state index < -0.39 is 23.5 Å². The van der Waals surface area contributed by atoms with Crippen LogP contribution >= 0.6 is 0 Å². The predicted molar refractivity (Wildman–Crippen MR) is 116 cm³/mol. The van der Waals surface area contributed by atoms with Gasteiger partial charge in [-0.3, -0.25) is 14.6 Å². The molecule has 0 radical (unpaired) electrons. The fourth-order valence-electron chi connectivity index (χ4n) is 3.76. The van der Waals surface area contributed by atoms with Crippen molar-refractivity contribution in [1.29, 1.82) is 0 Å². The van der Waals surface area contributed by atoms with E-state index in [-0.39, 0.29) is 23.4 Å². The van der Waals surface area contributed by atoms with Crippen LogP contribution in [0.1, 0.15) is 29.8 Å². The van der Waals surface area contributed by atoms with Gasteiger partial charge in [0.25, 0.3) is 11.7 Å². The number of aliphatic hydroxyl groups excluding tert-OH is 1. The number of rotatable bonds is 6. The number of aromatic nitrogens is 1. The maximum atomic E-state index is 14.8. The third kappa shape index (κ3) is 3.97. The number of benzene rings is 2. The van der Waals surface area contributed by atoms with Gasteiger partial charge in [0.2, 0.25) is 0 Å². The van der Waals surface area contributed by atoms with E-state index in [2.05, 4.69) is 4.98 Å². The first kappa shape index (κ1) is 21.2. The van der Waals surface area contributed by atoms with E-state index in [1.807, 2.05) is 6.92 Å². The van der Waals surface area contributed by atoms with Gasteiger partial charge in [-0.15, -0.1) is 0 Å². The van der Waals surface area contributed by atoms with Gasteiger partial charge in [-0.1, -0.05) is 24.3 Å². The maximum absolute atomic E-state index is 14.8. The number of nitrogens with zero attached hydrogens (tertiary/aromatic N) is 2. The van der Waals surface area contributed by atoms with Gasteiger partial charge in [-0.25, -0.2) is 4.39 Å². The molecule has 162 valence electrons. The molecular formula is C25H21FN2O4. The van der Waals surface area contributed by atoms with Crippen LogP contribution in [0.4, 0.5) is 4.39 Å². The van der Waals surface area contributed by atoms with E-state index in [1.165, 1.54) is 23.1 Å². The largest absolute Gasteiger partial charge is 0.507 e. The Morgan fingerprint density at radius 1 is 1.06 bits per heavy atom. The highest BCUT2D eigenvalue weighted by atomic mass is 19.1. The predicted octanol–water partition coefficient (Wildman–Crippen LogP) is 4.24. The van der Waals surface area contributed by atoms with Crippen LogP contribution in [0.3, 0.4) is 0 Å². The molecule has 1 unspecified atom stereocenters. The van der Waals surface area contributed by atoms with E-state index in [4.69, 9.17) is 4.74 Å². The Kier molecular flexibility index (Phi) is 5.98. The lowest BCUT2D eigenvalue weighted by Crippen LogP contribution is -2.30. The molecule has 2 heterocycles. The highest BCUT2D eigenvalue weighted by Crippen LogP contribution is 2.41. The van der Waals surface area contributed by atoms with Crippen molar-refractivity contribution in [2.24, 2.45) is 0 Å². The summed E-state index contributed by atoms with van der Waals surface area (Å²) >= 11 is 0. The standard InChI is InChI=1S/C25H21FN2O4/c1-2-32-18-12-10-16(11-13-18)23(29)21-22(19-8-3-4-9-20(19)26)28(25(31)24(21)30)15-17-7-5-6-14-27-17/h3-14,22,29H,2,15H2,1H3/b23-21-. The molecule has 1 saturated heterocycles. The van der Waals surface area contributed by atoms with Crippen molar-refractivity contribution in [2.75, 3.05) is 6.61 Å². The van der Waals surface area contributed by atoms with Gasteiger partial charge in [-0.05, 0) is 49.4 Å². The number of ketones is 1. The fraction of sp³-hybridized carbons (Fsp3) is 0.160. The molecule has 7 heteroatoms. The summed E-state index contributed by atoms with van der Waals surface area (Å²) < 4.78 is 20.2. The number of likely N-dealkylation sites (tertiary alicyclic amines) is 1. The number of pyridine rings is 1. The number of amides is 1. The minimum absolute atomic E-state index is 0.00945. The zero-order chi connectivity index (χ0) is 22.7. The number of hydrogen-bond acceptors (Lipinski definition) is 5. The highest BCUT2D eigenvalue weighted by molar-refractivity contribution is 6.46. The lowest BCUT2D eigenvalue weighted by molar-refractivity contribution is -0.140. The molecule has 1 aliphatic rings. The fourth-order valence-corrected chi connectivity index (χ4v) is 3.76. The normalized spacial score (nSPS) is 17.6. The van der Waals surface area contributed by atoms with Gasteiger partial charge in [0.15, 0.2) is 0 Å². The summed E-state index contributed by atoms with van der Waals surface area (Å²) in [6, 6.07) is 16.5. The van der Waals surface area contributed by atoms with Crippen LogP contribution in [0.2, 0.25) is 0 Å². The lowest BCUT2D eigenvalue weighted by Gasteiger charge is -2.25. The van der Waals surface area contributed by atoms with Gasteiger partial charge in [0, 0.05) is 17.3 Å². The van der Waals surface area contributed by atoms with Crippen molar-refractivity contribution in [3.63, 3.8) is 0 Å². The quantitative estimate of drug-likeness (QED) is 0.358. The van der Waals surface area contributed by atoms with Crippen LogP contribution in [0.15, 0.2) is 78.5 Å². The number of ether oxygens (including phenoxy) is 1. The molecule has 0 spiro atoms. The second-order valence-electron chi connectivity index (χ2n) is 7.23. The Morgan fingerprint density at radius 2 is 1.78 bits per heavy atom. The van der Waals surface area contributed by atoms with Gasteiger partial charge in [-0.2, -0.15) is 0 Å². The molecular weight excluding hydrogens is 411 g/mol. The monoisotopic (exact) mass is 432 g/mol. The van der Waals surface area contributed by atoms with Gasteiger partial charge < -0.3 is 14.7 Å². The molecule has 0 saturated carbocycles. The first-order valence-corrected chi connectivity index (χ1v) is 10.2. The third-order valence-corrected chi connectivity index (χ3v) is 5.24. The lowest BCUT2D eigenvalue weighted by atomic mass is 9.95. The van der Waals surface area contributed by atoms with E-state index in [0.717, 1.165) is 0 Å². The Hall–Kier alpha value is -4.00. The second-order valence-corrected chi connectivity index (χ2v) is 7.23. The van der Waals surface area contributed by atoms with Crippen molar-refractivity contribution in [3.8, 4) is 5.75 Å². The Balaban J connectivity index is 1.84. The van der Waals surface area contributed by atoms with Crippen LogP contribution in [0.5, 0.6) is 5.75 Å². The first-order valence-electron chi connectivity index (χ1n) is 10.2. The molecule has 0 bridgehead atoms. The van der Waals surface area contributed by atoms with Crippen molar-refractivity contribution >= 4 is 17.4 Å². The van der Waals surface area contributed by atoms with Crippen LogP contribution in [-0.4, -0.2) is 33.3 Å². The summed E-state index contributed by atoms with van der Waals surface area (Å²) in [4.78, 5) is 31.4. The molecule has 6 nitrogen and oxygen atoms in total. The SMILES string of the molecule is CCOc1ccc(/C(O)=C2/C(=O)C(=O)N(Cc3ccccn3)C2c2ccccc2F)cc1. The average molecular weight is 432 g/mol. The summed E-state index contributed by atoms with van der Waals surface area (Å²) in [6.45, 7) is 2.33. The summed E-state index contributed by atoms with van der Waals surface area (Å²) in [5.74, 6) is -2.05. The minimum Gasteiger partial charge on any atom is -0.507 e. The summed E-state index contributed by atoms with van der Waals surface area (Å²) in [6.07, 6.45) is 1.57. The molecule has 1 aromatic heterocycles.